The van der Waals surface area contributed by atoms with E-state index in [4.69, 9.17) is 0 Å². The Morgan fingerprint density at radius 2 is 1.95 bits per heavy atom. The van der Waals surface area contributed by atoms with E-state index in [1.807, 2.05) is 24.3 Å². The Morgan fingerprint density at radius 1 is 1.24 bits per heavy atom. The lowest BCUT2D eigenvalue weighted by molar-refractivity contribution is -0.385. The van der Waals surface area contributed by atoms with E-state index in [0.717, 1.165) is 9.26 Å². The maximum atomic E-state index is 11.3. The number of carbonyl (C=O) groups is 1. The number of carboxylic acids is 1. The molecule has 0 radical (unpaired) electrons. The highest BCUT2D eigenvalue weighted by molar-refractivity contribution is 14.1. The lowest BCUT2D eigenvalue weighted by atomic mass is 10.1. The molecule has 0 aliphatic carbocycles. The highest BCUT2D eigenvalue weighted by Gasteiger charge is 2.23. The summed E-state index contributed by atoms with van der Waals surface area (Å²) in [5.41, 5.74) is 0.544. The Bertz CT molecular complexity index is 703. The molecule has 0 spiro atoms. The molecule has 7 heteroatoms. The van der Waals surface area contributed by atoms with Gasteiger partial charge in [0, 0.05) is 21.9 Å². The Hall–Kier alpha value is -2.16. The number of rotatable bonds is 5. The molecule has 0 heterocycles. The monoisotopic (exact) mass is 398 g/mol. The van der Waals surface area contributed by atoms with Crippen LogP contribution in [-0.2, 0) is 6.54 Å². The predicted molar refractivity (Wildman–Crippen MR) is 86.5 cm³/mol. The van der Waals surface area contributed by atoms with Crippen molar-refractivity contribution in [1.82, 2.24) is 0 Å². The fourth-order valence-corrected chi connectivity index (χ4v) is 2.51. The fraction of sp³-hybridized carbons (Fsp3) is 0.0714. The maximum Gasteiger partial charge on any atom is 0.343 e. The van der Waals surface area contributed by atoms with E-state index in [9.17, 15) is 20.0 Å². The quantitative estimate of drug-likeness (QED) is 0.457. The molecule has 0 aliphatic heterocycles. The summed E-state index contributed by atoms with van der Waals surface area (Å²) in [6.07, 6.45) is 0. The number of nitro benzene ring substituents is 1. The number of nitro groups is 1. The van der Waals surface area contributed by atoms with E-state index in [1.54, 1.807) is 6.07 Å². The van der Waals surface area contributed by atoms with Gasteiger partial charge in [-0.2, -0.15) is 0 Å². The minimum Gasteiger partial charge on any atom is -0.477 e. The Kier molecular flexibility index (Phi) is 4.73. The number of para-hydroxylation sites is 1. The van der Waals surface area contributed by atoms with Crippen molar-refractivity contribution in [3.8, 4) is 0 Å². The van der Waals surface area contributed by atoms with E-state index in [0.29, 0.717) is 5.56 Å². The summed E-state index contributed by atoms with van der Waals surface area (Å²) < 4.78 is 0.984. The van der Waals surface area contributed by atoms with Crippen molar-refractivity contribution < 1.29 is 14.8 Å². The van der Waals surface area contributed by atoms with Crippen LogP contribution in [-0.4, -0.2) is 16.0 Å². The molecule has 2 N–H and O–H groups in total. The van der Waals surface area contributed by atoms with Gasteiger partial charge in [-0.3, -0.25) is 10.1 Å². The first-order valence-corrected chi connectivity index (χ1v) is 7.06. The molecule has 0 unspecified atom stereocenters. The third-order valence-electron chi connectivity index (χ3n) is 2.88. The lowest BCUT2D eigenvalue weighted by Crippen LogP contribution is -2.10. The molecule has 21 heavy (non-hydrogen) atoms. The van der Waals surface area contributed by atoms with E-state index < -0.39 is 16.6 Å². The number of hydrogen-bond acceptors (Lipinski definition) is 4. The first-order valence-electron chi connectivity index (χ1n) is 5.98. The summed E-state index contributed by atoms with van der Waals surface area (Å²) in [6, 6.07) is 11.8. The summed E-state index contributed by atoms with van der Waals surface area (Å²) in [5, 5.41) is 23.2. The molecule has 0 bridgehead atoms. The van der Waals surface area contributed by atoms with Crippen molar-refractivity contribution in [2.75, 3.05) is 5.32 Å². The van der Waals surface area contributed by atoms with Crippen LogP contribution in [0.15, 0.2) is 42.5 Å². The number of aromatic carboxylic acids is 1. The van der Waals surface area contributed by atoms with Gasteiger partial charge in [0.2, 0.25) is 0 Å². The zero-order valence-electron chi connectivity index (χ0n) is 10.7. The van der Waals surface area contributed by atoms with Gasteiger partial charge in [0.05, 0.1) is 4.92 Å². The average Bonchev–Trinajstić information content (AvgIpc) is 2.45. The second-order valence-electron chi connectivity index (χ2n) is 4.21. The average molecular weight is 398 g/mol. The van der Waals surface area contributed by atoms with E-state index >= 15 is 0 Å². The number of carboxylic acid groups (broad SMARTS) is 1. The molecule has 2 aromatic rings. The molecule has 0 fully saturated rings. The summed E-state index contributed by atoms with van der Waals surface area (Å²) in [6.45, 7) is 0.198. The van der Waals surface area contributed by atoms with Crippen molar-refractivity contribution in [1.29, 1.82) is 0 Å². The zero-order chi connectivity index (χ0) is 15.4. The summed E-state index contributed by atoms with van der Waals surface area (Å²) in [4.78, 5) is 21.5. The van der Waals surface area contributed by atoms with Crippen LogP contribution in [0, 0.1) is 13.7 Å². The van der Waals surface area contributed by atoms with E-state index in [-0.39, 0.29) is 12.1 Å². The minimum absolute atomic E-state index is 0.198. The molecule has 108 valence electrons. The molecular weight excluding hydrogens is 387 g/mol. The molecule has 0 saturated heterocycles. The van der Waals surface area contributed by atoms with Gasteiger partial charge in [-0.15, -0.1) is 0 Å². The molecule has 2 aromatic carbocycles. The number of benzene rings is 2. The topological polar surface area (TPSA) is 92.5 Å². The molecule has 6 nitrogen and oxygen atoms in total. The molecule has 0 aliphatic rings. The van der Waals surface area contributed by atoms with Crippen LogP contribution in [0.4, 0.5) is 11.4 Å². The lowest BCUT2D eigenvalue weighted by Gasteiger charge is -2.10. The number of nitrogens with zero attached hydrogens (tertiary/aromatic N) is 1. The highest BCUT2D eigenvalue weighted by Crippen LogP contribution is 2.24. The van der Waals surface area contributed by atoms with Gasteiger partial charge in [0.25, 0.3) is 5.69 Å². The first kappa shape index (κ1) is 15.2. The Labute approximate surface area is 134 Å². The van der Waals surface area contributed by atoms with Crippen LogP contribution >= 0.6 is 22.6 Å². The van der Waals surface area contributed by atoms with Crippen molar-refractivity contribution in [2.24, 2.45) is 0 Å². The molecular formula is C14H11IN2O4. The van der Waals surface area contributed by atoms with Crippen LogP contribution in [0.3, 0.4) is 0 Å². The third kappa shape index (κ3) is 3.48. The van der Waals surface area contributed by atoms with Crippen LogP contribution in [0.5, 0.6) is 0 Å². The number of hydrogen-bond donors (Lipinski definition) is 2. The summed E-state index contributed by atoms with van der Waals surface area (Å²) in [5.74, 6) is -1.30. The summed E-state index contributed by atoms with van der Waals surface area (Å²) >= 11 is 2.16. The van der Waals surface area contributed by atoms with Crippen molar-refractivity contribution in [2.45, 2.75) is 6.54 Å². The first-order chi connectivity index (χ1) is 10.0. The van der Waals surface area contributed by atoms with Crippen molar-refractivity contribution >= 4 is 39.9 Å². The van der Waals surface area contributed by atoms with E-state index in [1.165, 1.54) is 12.1 Å². The van der Waals surface area contributed by atoms with Gasteiger partial charge < -0.3 is 10.4 Å². The molecule has 0 saturated carbocycles. The highest BCUT2D eigenvalue weighted by atomic mass is 127. The third-order valence-corrected chi connectivity index (χ3v) is 3.82. The Morgan fingerprint density at radius 3 is 2.57 bits per heavy atom. The van der Waals surface area contributed by atoms with Gasteiger partial charge in [-0.05, 0) is 40.3 Å². The number of halogens is 1. The van der Waals surface area contributed by atoms with Crippen LogP contribution in [0.1, 0.15) is 15.9 Å². The van der Waals surface area contributed by atoms with Crippen LogP contribution in [0.25, 0.3) is 0 Å². The fourth-order valence-electron chi connectivity index (χ4n) is 1.93. The van der Waals surface area contributed by atoms with Crippen molar-refractivity contribution in [3.63, 3.8) is 0 Å². The molecule has 0 amide bonds. The molecule has 0 atom stereocenters. The smallest absolute Gasteiger partial charge is 0.343 e. The van der Waals surface area contributed by atoms with Gasteiger partial charge in [-0.1, -0.05) is 24.3 Å². The zero-order valence-corrected chi connectivity index (χ0v) is 12.9. The van der Waals surface area contributed by atoms with Crippen LogP contribution in [0.2, 0.25) is 0 Å². The predicted octanol–water partition coefficient (Wildman–Crippen LogP) is 3.51. The molecule has 0 aromatic heterocycles. The SMILES string of the molecule is O=C(O)c1c(CNc2ccccc2I)cccc1[N+](=O)[O-]. The minimum atomic E-state index is -1.30. The number of anilines is 1. The van der Waals surface area contributed by atoms with E-state index in [2.05, 4.69) is 27.9 Å². The normalized spacial score (nSPS) is 10.1. The Balaban J connectivity index is 2.32. The maximum absolute atomic E-state index is 11.3. The largest absolute Gasteiger partial charge is 0.477 e. The van der Waals surface area contributed by atoms with Crippen LogP contribution < -0.4 is 5.32 Å². The van der Waals surface area contributed by atoms with Gasteiger partial charge in [0.15, 0.2) is 0 Å². The van der Waals surface area contributed by atoms with Gasteiger partial charge in [0.1, 0.15) is 5.56 Å². The van der Waals surface area contributed by atoms with Crippen molar-refractivity contribution in [3.05, 3.63) is 67.3 Å². The van der Waals surface area contributed by atoms with Gasteiger partial charge in [-0.25, -0.2) is 4.79 Å². The second kappa shape index (κ2) is 6.53. The standard InChI is InChI=1S/C14H11IN2O4/c15-10-5-1-2-6-11(10)16-8-9-4-3-7-12(17(20)21)13(9)14(18)19/h1-7,16H,8H2,(H,18,19). The molecule has 2 rings (SSSR count). The van der Waals surface area contributed by atoms with Gasteiger partial charge >= 0.3 is 5.97 Å². The second-order valence-corrected chi connectivity index (χ2v) is 5.37. The number of nitrogens with one attached hydrogen (secondary N) is 1. The summed E-state index contributed by atoms with van der Waals surface area (Å²) in [7, 11) is 0.